The summed E-state index contributed by atoms with van der Waals surface area (Å²) in [6.45, 7) is 4.70. The second-order valence-corrected chi connectivity index (χ2v) is 9.60. The molecule has 1 saturated carbocycles. The van der Waals surface area contributed by atoms with Crippen LogP contribution in [-0.4, -0.2) is 44.5 Å². The number of carbonyl (C=O) groups is 1. The quantitative estimate of drug-likeness (QED) is 0.434. The molecule has 172 valence electrons. The van der Waals surface area contributed by atoms with Gasteiger partial charge in [0.05, 0.1) is 29.8 Å². The lowest BCUT2D eigenvalue weighted by Crippen LogP contribution is -2.28. The summed E-state index contributed by atoms with van der Waals surface area (Å²) in [7, 11) is 1.68. The summed E-state index contributed by atoms with van der Waals surface area (Å²) >= 11 is 0. The molecule has 0 unspecified atom stereocenters. The van der Waals surface area contributed by atoms with E-state index in [-0.39, 0.29) is 17.7 Å². The first kappa shape index (κ1) is 21.6. The van der Waals surface area contributed by atoms with Crippen LogP contribution in [0.25, 0.3) is 27.8 Å². The molecule has 0 saturated heterocycles. The molecule has 2 N–H and O–H groups in total. The standard InChI is InChI=1S/C25H27FN4O3/c1-25(2,13-33-3)22-20(14-4-5-15(10-14)24(31)32)21-19(11-16-12-27-29-23(16)28-21)30(22)18-8-6-17(26)7-9-18/h6-9,11-12,14-15H,4-5,10,13H2,1-3H3,(H,31,32)(H,27,28,29)/t14-,15-/m1/s1. The normalized spacial score (nSPS) is 19.0. The average Bonchev–Trinajstić information content (AvgIpc) is 3.49. The third-order valence-electron chi connectivity index (χ3n) is 6.80. The van der Waals surface area contributed by atoms with Crippen molar-refractivity contribution in [1.82, 2.24) is 19.7 Å². The highest BCUT2D eigenvalue weighted by atomic mass is 19.1. The fourth-order valence-corrected chi connectivity index (χ4v) is 5.40. The number of carboxylic acid groups (broad SMARTS) is 1. The minimum Gasteiger partial charge on any atom is -0.481 e. The van der Waals surface area contributed by atoms with Crippen LogP contribution < -0.4 is 0 Å². The molecule has 4 aromatic rings. The van der Waals surface area contributed by atoms with Crippen molar-refractivity contribution in [2.75, 3.05) is 13.7 Å². The van der Waals surface area contributed by atoms with Crippen molar-refractivity contribution in [1.29, 1.82) is 0 Å². The summed E-state index contributed by atoms with van der Waals surface area (Å²) in [5.41, 5.74) is 4.89. The molecule has 7 nitrogen and oxygen atoms in total. The van der Waals surface area contributed by atoms with Crippen LogP contribution in [0.4, 0.5) is 4.39 Å². The molecule has 0 radical (unpaired) electrons. The van der Waals surface area contributed by atoms with Gasteiger partial charge in [0.15, 0.2) is 5.65 Å². The number of rotatable bonds is 6. The van der Waals surface area contributed by atoms with E-state index in [4.69, 9.17) is 9.72 Å². The fourth-order valence-electron chi connectivity index (χ4n) is 5.40. The molecule has 5 rings (SSSR count). The second-order valence-electron chi connectivity index (χ2n) is 9.60. The number of carboxylic acids is 1. The number of nitrogens with zero attached hydrogens (tertiary/aromatic N) is 3. The van der Waals surface area contributed by atoms with Gasteiger partial charge in [-0.25, -0.2) is 9.37 Å². The number of hydrogen-bond donors (Lipinski definition) is 2. The second kappa shape index (κ2) is 7.95. The van der Waals surface area contributed by atoms with Crippen LogP contribution in [0.5, 0.6) is 0 Å². The Morgan fingerprint density at radius 2 is 2.06 bits per heavy atom. The van der Waals surface area contributed by atoms with E-state index >= 15 is 0 Å². The zero-order chi connectivity index (χ0) is 23.3. The maximum Gasteiger partial charge on any atom is 0.306 e. The number of pyridine rings is 1. The minimum atomic E-state index is -0.749. The number of benzene rings is 1. The summed E-state index contributed by atoms with van der Waals surface area (Å²) in [6, 6.07) is 8.48. The number of aromatic amines is 1. The van der Waals surface area contributed by atoms with Gasteiger partial charge in [0.1, 0.15) is 5.82 Å². The van der Waals surface area contributed by atoms with E-state index in [2.05, 4.69) is 28.6 Å². The van der Waals surface area contributed by atoms with E-state index in [1.807, 2.05) is 6.07 Å². The van der Waals surface area contributed by atoms with Gasteiger partial charge in [0.2, 0.25) is 0 Å². The highest BCUT2D eigenvalue weighted by Crippen LogP contribution is 2.47. The largest absolute Gasteiger partial charge is 0.481 e. The van der Waals surface area contributed by atoms with Gasteiger partial charge in [-0.05, 0) is 55.5 Å². The van der Waals surface area contributed by atoms with E-state index < -0.39 is 11.4 Å². The van der Waals surface area contributed by atoms with E-state index in [1.54, 1.807) is 25.4 Å². The van der Waals surface area contributed by atoms with Crippen LogP contribution in [0.15, 0.2) is 36.5 Å². The maximum atomic E-state index is 13.8. The molecule has 1 fully saturated rings. The average molecular weight is 451 g/mol. The summed E-state index contributed by atoms with van der Waals surface area (Å²) < 4.78 is 21.5. The Morgan fingerprint density at radius 3 is 2.73 bits per heavy atom. The lowest BCUT2D eigenvalue weighted by molar-refractivity contribution is -0.141. The van der Waals surface area contributed by atoms with Gasteiger partial charge in [0.25, 0.3) is 0 Å². The van der Waals surface area contributed by atoms with Crippen molar-refractivity contribution in [2.24, 2.45) is 5.92 Å². The van der Waals surface area contributed by atoms with Gasteiger partial charge in [-0.3, -0.25) is 9.89 Å². The predicted molar refractivity (Wildman–Crippen MR) is 123 cm³/mol. The molecule has 0 bridgehead atoms. The number of H-pyrrole nitrogens is 1. The first-order chi connectivity index (χ1) is 15.8. The Kier molecular flexibility index (Phi) is 5.20. The number of nitrogens with one attached hydrogen (secondary N) is 1. The first-order valence-electron chi connectivity index (χ1n) is 11.2. The number of ether oxygens (including phenoxy) is 1. The third-order valence-corrected chi connectivity index (χ3v) is 6.80. The van der Waals surface area contributed by atoms with Crippen molar-refractivity contribution < 1.29 is 19.0 Å². The van der Waals surface area contributed by atoms with Crippen LogP contribution >= 0.6 is 0 Å². The van der Waals surface area contributed by atoms with Crippen molar-refractivity contribution in [3.8, 4) is 5.69 Å². The van der Waals surface area contributed by atoms with Crippen LogP contribution in [0.3, 0.4) is 0 Å². The molecule has 2 atom stereocenters. The molecule has 8 heteroatoms. The summed E-state index contributed by atoms with van der Waals surface area (Å²) in [6.07, 6.45) is 3.72. The van der Waals surface area contributed by atoms with Gasteiger partial charge in [-0.2, -0.15) is 5.10 Å². The van der Waals surface area contributed by atoms with E-state index in [9.17, 15) is 14.3 Å². The fraction of sp³-hybridized carbons (Fsp3) is 0.400. The van der Waals surface area contributed by atoms with Gasteiger partial charge in [-0.1, -0.05) is 13.8 Å². The van der Waals surface area contributed by atoms with Gasteiger partial charge < -0.3 is 14.4 Å². The van der Waals surface area contributed by atoms with Crippen LogP contribution in [-0.2, 0) is 14.9 Å². The van der Waals surface area contributed by atoms with E-state index in [0.29, 0.717) is 25.1 Å². The number of halogens is 1. The van der Waals surface area contributed by atoms with E-state index in [1.165, 1.54) is 12.1 Å². The Labute approximate surface area is 190 Å². The molecular weight excluding hydrogens is 423 g/mol. The molecule has 3 heterocycles. The highest BCUT2D eigenvalue weighted by Gasteiger charge is 2.39. The SMILES string of the molecule is COCC(C)(C)c1c([C@@H]2CC[C@@H](C(=O)O)C2)c2nc3[nH]ncc3cc2n1-c1ccc(F)cc1. The van der Waals surface area contributed by atoms with Crippen LogP contribution in [0, 0.1) is 11.7 Å². The number of aromatic nitrogens is 4. The zero-order valence-corrected chi connectivity index (χ0v) is 18.9. The monoisotopic (exact) mass is 450 g/mol. The molecule has 33 heavy (non-hydrogen) atoms. The lowest BCUT2D eigenvalue weighted by Gasteiger charge is -2.29. The molecule has 0 amide bonds. The Morgan fingerprint density at radius 1 is 1.30 bits per heavy atom. The number of methoxy groups -OCH3 is 1. The topological polar surface area (TPSA) is 93.0 Å². The Balaban J connectivity index is 1.86. The van der Waals surface area contributed by atoms with Gasteiger partial charge >= 0.3 is 5.97 Å². The molecule has 3 aromatic heterocycles. The van der Waals surface area contributed by atoms with Crippen LogP contribution in [0.1, 0.15) is 50.3 Å². The Hall–Kier alpha value is -3.26. The summed E-state index contributed by atoms with van der Waals surface area (Å²) in [5, 5.41) is 17.6. The Bertz CT molecular complexity index is 1340. The van der Waals surface area contributed by atoms with Crippen molar-refractivity contribution in [2.45, 2.75) is 44.4 Å². The first-order valence-corrected chi connectivity index (χ1v) is 11.2. The minimum absolute atomic E-state index is 0.0503. The zero-order valence-electron chi connectivity index (χ0n) is 18.9. The summed E-state index contributed by atoms with van der Waals surface area (Å²) in [5.74, 6) is -1.37. The molecular formula is C25H27FN4O3. The number of hydrogen-bond acceptors (Lipinski definition) is 4. The molecule has 1 aliphatic carbocycles. The van der Waals surface area contributed by atoms with E-state index in [0.717, 1.165) is 39.8 Å². The number of aliphatic carboxylic acids is 1. The van der Waals surface area contributed by atoms with Crippen molar-refractivity contribution in [3.63, 3.8) is 0 Å². The molecule has 1 aliphatic rings. The summed E-state index contributed by atoms with van der Waals surface area (Å²) in [4.78, 5) is 16.7. The highest BCUT2D eigenvalue weighted by molar-refractivity contribution is 5.94. The molecule has 0 spiro atoms. The van der Waals surface area contributed by atoms with Gasteiger partial charge in [0, 0.05) is 34.9 Å². The van der Waals surface area contributed by atoms with Crippen LogP contribution in [0.2, 0.25) is 0 Å². The number of fused-ring (bicyclic) bond motifs is 2. The maximum absolute atomic E-state index is 13.8. The smallest absolute Gasteiger partial charge is 0.306 e. The molecule has 1 aromatic carbocycles. The lowest BCUT2D eigenvalue weighted by atomic mass is 9.82. The van der Waals surface area contributed by atoms with Gasteiger partial charge in [-0.15, -0.1) is 0 Å². The third kappa shape index (κ3) is 3.58. The van der Waals surface area contributed by atoms with Crippen molar-refractivity contribution >= 4 is 28.0 Å². The predicted octanol–water partition coefficient (Wildman–Crippen LogP) is 4.93. The molecule has 0 aliphatic heterocycles. The van der Waals surface area contributed by atoms with Crippen molar-refractivity contribution in [3.05, 3.63) is 53.6 Å².